The highest BCUT2D eigenvalue weighted by molar-refractivity contribution is 5.86. The fraction of sp³-hybridized carbons (Fsp3) is 0.846. The molecule has 0 aromatic heterocycles. The van der Waals surface area contributed by atoms with Crippen molar-refractivity contribution in [1.82, 2.24) is 10.2 Å². The van der Waals surface area contributed by atoms with E-state index < -0.39 is 17.6 Å². The molecular formula is C13H22N2O5. The first-order valence-electron chi connectivity index (χ1n) is 7.03. The summed E-state index contributed by atoms with van der Waals surface area (Å²) in [6, 6.07) is -0.520. The number of aliphatic hydroxyl groups excluding tert-OH is 1. The van der Waals surface area contributed by atoms with E-state index in [0.29, 0.717) is 19.4 Å². The van der Waals surface area contributed by atoms with Gasteiger partial charge in [-0.05, 0) is 19.8 Å². The Bertz CT molecular complexity index is 381. The fourth-order valence-corrected chi connectivity index (χ4v) is 2.86. The van der Waals surface area contributed by atoms with Gasteiger partial charge >= 0.3 is 12.0 Å². The van der Waals surface area contributed by atoms with Crippen molar-refractivity contribution < 1.29 is 24.5 Å². The maximum atomic E-state index is 12.3. The maximum absolute atomic E-state index is 12.3. The number of hydrogen-bond donors (Lipinski definition) is 3. The number of urea groups is 1. The molecule has 0 radical (unpaired) electrons. The van der Waals surface area contributed by atoms with E-state index in [9.17, 15) is 14.7 Å². The predicted molar refractivity (Wildman–Crippen MR) is 70.4 cm³/mol. The summed E-state index contributed by atoms with van der Waals surface area (Å²) in [5.41, 5.74) is -1.14. The van der Waals surface area contributed by atoms with Crippen LogP contribution >= 0.6 is 0 Å². The highest BCUT2D eigenvalue weighted by atomic mass is 16.5. The van der Waals surface area contributed by atoms with Gasteiger partial charge in [0.15, 0.2) is 0 Å². The summed E-state index contributed by atoms with van der Waals surface area (Å²) >= 11 is 0. The van der Waals surface area contributed by atoms with Crippen LogP contribution in [0.1, 0.15) is 32.6 Å². The van der Waals surface area contributed by atoms with E-state index >= 15 is 0 Å². The molecule has 0 bridgehead atoms. The van der Waals surface area contributed by atoms with Crippen LogP contribution in [0.15, 0.2) is 0 Å². The van der Waals surface area contributed by atoms with Crippen molar-refractivity contribution in [3.8, 4) is 0 Å². The average Bonchev–Trinajstić information content (AvgIpc) is 2.89. The summed E-state index contributed by atoms with van der Waals surface area (Å²) in [6.45, 7) is 2.31. The molecule has 1 saturated carbocycles. The van der Waals surface area contributed by atoms with Crippen LogP contribution in [-0.4, -0.2) is 64.6 Å². The maximum Gasteiger partial charge on any atom is 0.329 e. The van der Waals surface area contributed by atoms with E-state index in [-0.39, 0.29) is 25.2 Å². The molecule has 2 rings (SSSR count). The van der Waals surface area contributed by atoms with Gasteiger partial charge in [-0.2, -0.15) is 0 Å². The second-order valence-corrected chi connectivity index (χ2v) is 5.66. The van der Waals surface area contributed by atoms with E-state index in [1.54, 1.807) is 4.90 Å². The van der Waals surface area contributed by atoms with Crippen LogP contribution in [0.5, 0.6) is 0 Å². The molecule has 1 aliphatic heterocycles. The molecule has 1 heterocycles. The van der Waals surface area contributed by atoms with Crippen molar-refractivity contribution in [3.63, 3.8) is 0 Å². The summed E-state index contributed by atoms with van der Waals surface area (Å²) in [7, 11) is 0. The lowest BCUT2D eigenvalue weighted by atomic mass is 9.98. The average molecular weight is 286 g/mol. The van der Waals surface area contributed by atoms with Crippen LogP contribution in [0.3, 0.4) is 0 Å². The van der Waals surface area contributed by atoms with Crippen LogP contribution in [0.2, 0.25) is 0 Å². The largest absolute Gasteiger partial charge is 0.480 e. The molecule has 2 unspecified atom stereocenters. The third-order valence-electron chi connectivity index (χ3n) is 4.18. The van der Waals surface area contributed by atoms with Gasteiger partial charge in [0.25, 0.3) is 0 Å². The number of aliphatic hydroxyl groups is 1. The summed E-state index contributed by atoms with van der Waals surface area (Å²) in [6.07, 6.45) is 2.16. The van der Waals surface area contributed by atoms with Gasteiger partial charge < -0.3 is 25.2 Å². The SMILES string of the molecule is CC1COC(CO)CN1C(=O)NC1(C(=O)O)CCCC1. The van der Waals surface area contributed by atoms with E-state index in [1.165, 1.54) is 0 Å². The van der Waals surface area contributed by atoms with E-state index in [0.717, 1.165) is 12.8 Å². The van der Waals surface area contributed by atoms with Crippen LogP contribution < -0.4 is 5.32 Å². The Kier molecular flexibility index (Phi) is 4.49. The quantitative estimate of drug-likeness (QED) is 0.687. The molecule has 0 aromatic rings. The lowest BCUT2D eigenvalue weighted by molar-refractivity contribution is -0.144. The number of carbonyl (C=O) groups excluding carboxylic acids is 1. The molecule has 1 aliphatic carbocycles. The number of morpholine rings is 1. The molecule has 2 atom stereocenters. The number of carboxylic acids is 1. The minimum absolute atomic E-state index is 0.134. The van der Waals surface area contributed by atoms with Gasteiger partial charge in [-0.1, -0.05) is 12.8 Å². The normalized spacial score (nSPS) is 29.2. The van der Waals surface area contributed by atoms with E-state index in [2.05, 4.69) is 5.32 Å². The van der Waals surface area contributed by atoms with Crippen LogP contribution in [0, 0.1) is 0 Å². The molecule has 2 aliphatic rings. The van der Waals surface area contributed by atoms with Crippen LogP contribution in [-0.2, 0) is 9.53 Å². The predicted octanol–water partition coefficient (Wildman–Crippen LogP) is 0.175. The molecule has 114 valence electrons. The minimum Gasteiger partial charge on any atom is -0.480 e. The molecule has 7 heteroatoms. The smallest absolute Gasteiger partial charge is 0.329 e. The van der Waals surface area contributed by atoms with Crippen molar-refractivity contribution in [3.05, 3.63) is 0 Å². The summed E-state index contributed by atoms with van der Waals surface area (Å²) in [5, 5.41) is 21.2. The van der Waals surface area contributed by atoms with Crippen LogP contribution in [0.4, 0.5) is 4.79 Å². The Morgan fingerprint density at radius 1 is 1.40 bits per heavy atom. The number of nitrogens with one attached hydrogen (secondary N) is 1. The Hall–Kier alpha value is -1.34. The highest BCUT2D eigenvalue weighted by Crippen LogP contribution is 2.30. The van der Waals surface area contributed by atoms with Gasteiger partial charge in [-0.25, -0.2) is 9.59 Å². The standard InChI is InChI=1S/C13H22N2O5/c1-9-8-20-10(7-16)6-15(9)12(19)14-13(11(17)18)4-2-3-5-13/h9-10,16H,2-8H2,1H3,(H,14,19)(H,17,18). The van der Waals surface area contributed by atoms with E-state index in [4.69, 9.17) is 9.84 Å². The fourth-order valence-electron chi connectivity index (χ4n) is 2.86. The molecule has 2 fully saturated rings. The number of ether oxygens (including phenoxy) is 1. The summed E-state index contributed by atoms with van der Waals surface area (Å²) in [4.78, 5) is 25.3. The minimum atomic E-state index is -1.14. The molecule has 0 aromatic carbocycles. The zero-order chi connectivity index (χ0) is 14.8. The number of carbonyl (C=O) groups is 2. The Morgan fingerprint density at radius 3 is 2.60 bits per heavy atom. The van der Waals surface area contributed by atoms with Gasteiger partial charge in [0, 0.05) is 0 Å². The number of aliphatic carboxylic acids is 1. The molecule has 20 heavy (non-hydrogen) atoms. The summed E-state index contributed by atoms with van der Waals surface area (Å²) < 4.78 is 5.37. The second-order valence-electron chi connectivity index (χ2n) is 5.66. The number of nitrogens with zero attached hydrogens (tertiary/aromatic N) is 1. The lowest BCUT2D eigenvalue weighted by Gasteiger charge is -2.39. The van der Waals surface area contributed by atoms with Crippen molar-refractivity contribution in [2.45, 2.75) is 50.3 Å². The number of hydrogen-bond acceptors (Lipinski definition) is 4. The zero-order valence-corrected chi connectivity index (χ0v) is 11.7. The van der Waals surface area contributed by atoms with Gasteiger partial charge in [0.2, 0.25) is 0 Å². The molecule has 1 saturated heterocycles. The van der Waals surface area contributed by atoms with E-state index in [1.807, 2.05) is 6.92 Å². The van der Waals surface area contributed by atoms with Gasteiger partial charge in [-0.15, -0.1) is 0 Å². The highest BCUT2D eigenvalue weighted by Gasteiger charge is 2.44. The molecule has 3 N–H and O–H groups in total. The van der Waals surface area contributed by atoms with Crippen molar-refractivity contribution in [2.24, 2.45) is 0 Å². The molecule has 2 amide bonds. The number of rotatable bonds is 3. The lowest BCUT2D eigenvalue weighted by Crippen LogP contribution is -2.61. The topological polar surface area (TPSA) is 99.1 Å². The number of amides is 2. The molecule has 7 nitrogen and oxygen atoms in total. The first-order chi connectivity index (χ1) is 9.48. The van der Waals surface area contributed by atoms with Gasteiger partial charge in [0.05, 0.1) is 31.9 Å². The van der Waals surface area contributed by atoms with Crippen molar-refractivity contribution in [2.75, 3.05) is 19.8 Å². The molecule has 0 spiro atoms. The first-order valence-corrected chi connectivity index (χ1v) is 7.03. The van der Waals surface area contributed by atoms with Gasteiger partial charge in [-0.3, -0.25) is 0 Å². The second kappa shape index (κ2) is 5.97. The Balaban J connectivity index is 2.04. The third-order valence-corrected chi connectivity index (χ3v) is 4.18. The third kappa shape index (κ3) is 2.88. The Labute approximate surface area is 117 Å². The summed E-state index contributed by atoms with van der Waals surface area (Å²) in [5.74, 6) is -0.969. The first kappa shape index (κ1) is 15.1. The van der Waals surface area contributed by atoms with Crippen LogP contribution in [0.25, 0.3) is 0 Å². The zero-order valence-electron chi connectivity index (χ0n) is 11.7. The Morgan fingerprint density at radius 2 is 2.05 bits per heavy atom. The van der Waals surface area contributed by atoms with Gasteiger partial charge in [0.1, 0.15) is 5.54 Å². The number of carboxylic acid groups (broad SMARTS) is 1. The van der Waals surface area contributed by atoms with Crippen molar-refractivity contribution in [1.29, 1.82) is 0 Å². The monoisotopic (exact) mass is 286 g/mol. The van der Waals surface area contributed by atoms with Crippen molar-refractivity contribution >= 4 is 12.0 Å². The molecular weight excluding hydrogens is 264 g/mol.